The molecule has 0 amide bonds. The largest absolute Gasteiger partial charge is 0.456 e. The predicted octanol–water partition coefficient (Wildman–Crippen LogP) is 4.46. The summed E-state index contributed by atoms with van der Waals surface area (Å²) >= 11 is 0. The zero-order valence-corrected chi connectivity index (χ0v) is 12.5. The first-order valence-electron chi connectivity index (χ1n) is 7.25. The summed E-state index contributed by atoms with van der Waals surface area (Å²) in [6.07, 6.45) is 4.56. The van der Waals surface area contributed by atoms with Crippen LogP contribution in [-0.4, -0.2) is 18.1 Å². The Balaban J connectivity index is 1.93. The van der Waals surface area contributed by atoms with E-state index >= 15 is 0 Å². The molecular formula is C18H18N2O. The van der Waals surface area contributed by atoms with Crippen LogP contribution in [-0.2, 0) is 0 Å². The minimum absolute atomic E-state index is 0.325. The molecule has 0 spiro atoms. The fourth-order valence-electron chi connectivity index (χ4n) is 3.05. The normalized spacial score (nSPS) is 18.3. The highest BCUT2D eigenvalue weighted by molar-refractivity contribution is 6.06. The number of aryl methyl sites for hydroxylation is 1. The van der Waals surface area contributed by atoms with Gasteiger partial charge in [0.1, 0.15) is 17.3 Å². The second-order valence-electron chi connectivity index (χ2n) is 5.74. The van der Waals surface area contributed by atoms with Gasteiger partial charge in [0.2, 0.25) is 0 Å². The third-order valence-electron chi connectivity index (χ3n) is 4.43. The molecule has 0 N–H and O–H groups in total. The molecule has 1 aliphatic heterocycles. The number of furan rings is 1. The Morgan fingerprint density at radius 1 is 1.00 bits per heavy atom. The van der Waals surface area contributed by atoms with E-state index in [1.165, 1.54) is 22.0 Å². The number of anilines is 1. The molecule has 0 aliphatic carbocycles. The lowest BCUT2D eigenvalue weighted by Crippen LogP contribution is -2.33. The molecule has 0 saturated heterocycles. The molecule has 0 bridgehead atoms. The van der Waals surface area contributed by atoms with E-state index in [0.29, 0.717) is 6.17 Å². The minimum atomic E-state index is 0.325. The van der Waals surface area contributed by atoms with Gasteiger partial charge >= 0.3 is 0 Å². The Kier molecular flexibility index (Phi) is 2.52. The molecule has 3 heteroatoms. The van der Waals surface area contributed by atoms with Crippen LogP contribution >= 0.6 is 0 Å². The number of para-hydroxylation sites is 1. The summed E-state index contributed by atoms with van der Waals surface area (Å²) in [6.45, 7) is 4.36. The molecule has 3 nitrogen and oxygen atoms in total. The smallest absolute Gasteiger partial charge is 0.137 e. The molecule has 0 radical (unpaired) electrons. The quantitative estimate of drug-likeness (QED) is 0.655. The monoisotopic (exact) mass is 278 g/mol. The number of benzene rings is 2. The summed E-state index contributed by atoms with van der Waals surface area (Å²) in [5.74, 6) is 0. The second-order valence-corrected chi connectivity index (χ2v) is 5.74. The number of rotatable bonds is 1. The lowest BCUT2D eigenvalue weighted by molar-refractivity contribution is 0.383. The third kappa shape index (κ3) is 1.74. The molecule has 2 heterocycles. The van der Waals surface area contributed by atoms with E-state index in [4.69, 9.17) is 4.42 Å². The highest BCUT2D eigenvalue weighted by Crippen LogP contribution is 2.35. The summed E-state index contributed by atoms with van der Waals surface area (Å²) in [6, 6.07) is 12.6. The molecule has 1 aromatic heterocycles. The Labute approximate surface area is 124 Å². The number of fused-ring (bicyclic) bond motifs is 3. The minimum Gasteiger partial charge on any atom is -0.456 e. The van der Waals surface area contributed by atoms with Crippen molar-refractivity contribution in [2.45, 2.75) is 20.0 Å². The van der Waals surface area contributed by atoms with Gasteiger partial charge in [0.05, 0.1) is 0 Å². The van der Waals surface area contributed by atoms with E-state index in [1.807, 2.05) is 12.1 Å². The standard InChI is InChI=1S/C18H18N2O/c1-12-10-15-14-6-4-5-7-17(14)21-18(15)11-16(12)20-9-8-19(3)13(20)2/h4-11,13H,1-3H3/t13-/m0/s1. The van der Waals surface area contributed by atoms with Crippen LogP contribution in [0.3, 0.4) is 0 Å². The van der Waals surface area contributed by atoms with Gasteiger partial charge in [0.15, 0.2) is 0 Å². The summed E-state index contributed by atoms with van der Waals surface area (Å²) in [4.78, 5) is 4.48. The molecular weight excluding hydrogens is 260 g/mol. The van der Waals surface area contributed by atoms with Crippen LogP contribution in [0.2, 0.25) is 0 Å². The van der Waals surface area contributed by atoms with Crippen molar-refractivity contribution in [3.05, 3.63) is 54.4 Å². The van der Waals surface area contributed by atoms with Crippen LogP contribution in [0, 0.1) is 6.92 Å². The van der Waals surface area contributed by atoms with Crippen molar-refractivity contribution in [3.8, 4) is 0 Å². The van der Waals surface area contributed by atoms with Crippen LogP contribution in [0.4, 0.5) is 5.69 Å². The van der Waals surface area contributed by atoms with Crippen molar-refractivity contribution in [2.75, 3.05) is 11.9 Å². The van der Waals surface area contributed by atoms with E-state index < -0.39 is 0 Å². The number of nitrogens with zero attached hydrogens (tertiary/aromatic N) is 2. The average Bonchev–Trinajstić information content (AvgIpc) is 3.00. The Morgan fingerprint density at radius 3 is 2.57 bits per heavy atom. The molecule has 21 heavy (non-hydrogen) atoms. The first-order chi connectivity index (χ1) is 10.1. The van der Waals surface area contributed by atoms with Gasteiger partial charge in [-0.05, 0) is 31.5 Å². The number of hydrogen-bond donors (Lipinski definition) is 0. The van der Waals surface area contributed by atoms with E-state index in [0.717, 1.165) is 11.2 Å². The van der Waals surface area contributed by atoms with Crippen LogP contribution < -0.4 is 4.90 Å². The van der Waals surface area contributed by atoms with Crippen LogP contribution in [0.15, 0.2) is 53.2 Å². The topological polar surface area (TPSA) is 19.6 Å². The number of hydrogen-bond acceptors (Lipinski definition) is 3. The molecule has 0 unspecified atom stereocenters. The van der Waals surface area contributed by atoms with E-state index in [9.17, 15) is 0 Å². The average molecular weight is 278 g/mol. The highest BCUT2D eigenvalue weighted by atomic mass is 16.3. The summed E-state index contributed by atoms with van der Waals surface area (Å²) in [7, 11) is 2.09. The lowest BCUT2D eigenvalue weighted by atomic mass is 10.1. The second kappa shape index (κ2) is 4.29. The van der Waals surface area contributed by atoms with Crippen molar-refractivity contribution in [1.29, 1.82) is 0 Å². The SMILES string of the molecule is Cc1cc2c(cc1N1C=CN(C)[C@@H]1C)oc1ccccc12. The maximum atomic E-state index is 6.01. The molecule has 0 saturated carbocycles. The van der Waals surface area contributed by atoms with Crippen LogP contribution in [0.25, 0.3) is 21.9 Å². The van der Waals surface area contributed by atoms with Gasteiger partial charge in [-0.3, -0.25) is 0 Å². The van der Waals surface area contributed by atoms with Gasteiger partial charge in [0.25, 0.3) is 0 Å². The molecule has 0 fully saturated rings. The van der Waals surface area contributed by atoms with Crippen molar-refractivity contribution < 1.29 is 4.42 Å². The van der Waals surface area contributed by atoms with E-state index in [-0.39, 0.29) is 0 Å². The maximum absolute atomic E-state index is 6.01. The fraction of sp³-hybridized carbons (Fsp3) is 0.222. The summed E-state index contributed by atoms with van der Waals surface area (Å²) in [5, 5.41) is 2.38. The molecule has 106 valence electrons. The molecule has 1 atom stereocenters. The van der Waals surface area contributed by atoms with E-state index in [2.05, 4.69) is 67.4 Å². The van der Waals surface area contributed by atoms with Gasteiger partial charge in [-0.2, -0.15) is 0 Å². The Hall–Kier alpha value is -2.42. The van der Waals surface area contributed by atoms with Crippen molar-refractivity contribution in [3.63, 3.8) is 0 Å². The van der Waals surface area contributed by atoms with E-state index in [1.54, 1.807) is 0 Å². The summed E-state index contributed by atoms with van der Waals surface area (Å²) < 4.78 is 6.01. The first kappa shape index (κ1) is 12.3. The Bertz CT molecular complexity index is 862. The third-order valence-corrected chi connectivity index (χ3v) is 4.43. The zero-order valence-electron chi connectivity index (χ0n) is 12.5. The zero-order chi connectivity index (χ0) is 14.6. The van der Waals surface area contributed by atoms with Gasteiger partial charge in [-0.1, -0.05) is 18.2 Å². The van der Waals surface area contributed by atoms with Crippen molar-refractivity contribution in [1.82, 2.24) is 4.90 Å². The fourth-order valence-corrected chi connectivity index (χ4v) is 3.05. The van der Waals surface area contributed by atoms with Crippen molar-refractivity contribution >= 4 is 27.6 Å². The van der Waals surface area contributed by atoms with Gasteiger partial charge in [-0.25, -0.2) is 0 Å². The van der Waals surface area contributed by atoms with Crippen LogP contribution in [0.1, 0.15) is 12.5 Å². The van der Waals surface area contributed by atoms with Crippen LogP contribution in [0.5, 0.6) is 0 Å². The first-order valence-corrected chi connectivity index (χ1v) is 7.25. The molecule has 1 aliphatic rings. The van der Waals surface area contributed by atoms with Gasteiger partial charge < -0.3 is 14.2 Å². The Morgan fingerprint density at radius 2 is 1.81 bits per heavy atom. The highest BCUT2D eigenvalue weighted by Gasteiger charge is 2.22. The molecule has 2 aromatic carbocycles. The van der Waals surface area contributed by atoms with Crippen molar-refractivity contribution in [2.24, 2.45) is 0 Å². The summed E-state index contributed by atoms with van der Waals surface area (Å²) in [5.41, 5.74) is 4.37. The molecule has 4 rings (SSSR count). The predicted molar refractivity (Wildman–Crippen MR) is 87.3 cm³/mol. The van der Waals surface area contributed by atoms with Gasteiger partial charge in [-0.15, -0.1) is 0 Å². The van der Waals surface area contributed by atoms with Gasteiger partial charge in [0, 0.05) is 42.0 Å². The molecule has 3 aromatic rings. The maximum Gasteiger partial charge on any atom is 0.137 e. The lowest BCUT2D eigenvalue weighted by Gasteiger charge is -2.28.